The minimum absolute atomic E-state index is 0.196. The van der Waals surface area contributed by atoms with Crippen LogP contribution in [-0.2, 0) is 0 Å². The van der Waals surface area contributed by atoms with Crippen molar-refractivity contribution < 1.29 is 9.90 Å². The Morgan fingerprint density at radius 3 is 2.58 bits per heavy atom. The molecule has 0 spiro atoms. The molecule has 0 aromatic heterocycles. The molecule has 0 radical (unpaired) electrons. The zero-order chi connectivity index (χ0) is 14.0. The summed E-state index contributed by atoms with van der Waals surface area (Å²) in [6.07, 6.45) is 3.44. The molecule has 0 aliphatic carbocycles. The van der Waals surface area contributed by atoms with E-state index in [9.17, 15) is 4.79 Å². The maximum absolute atomic E-state index is 11.1. The average molecular weight is 262 g/mol. The summed E-state index contributed by atoms with van der Waals surface area (Å²) < 4.78 is 0. The molecule has 1 fully saturated rings. The first-order chi connectivity index (χ1) is 8.97. The fraction of sp³-hybridized carbons (Fsp3) is 0.533. The Morgan fingerprint density at radius 2 is 2.05 bits per heavy atom. The number of aromatic carboxylic acids is 1. The van der Waals surface area contributed by atoms with Gasteiger partial charge in [-0.2, -0.15) is 0 Å². The summed E-state index contributed by atoms with van der Waals surface area (Å²) in [7, 11) is 0. The van der Waals surface area contributed by atoms with Crippen molar-refractivity contribution in [1.82, 2.24) is 0 Å². The summed E-state index contributed by atoms with van der Waals surface area (Å²) in [5, 5.41) is 9.11. The second-order valence-corrected chi connectivity index (χ2v) is 5.69. The molecular formula is C15H22N2O2. The Morgan fingerprint density at radius 1 is 1.42 bits per heavy atom. The summed E-state index contributed by atoms with van der Waals surface area (Å²) in [5.41, 5.74) is 7.84. The number of hydrogen-bond donors (Lipinski definition) is 2. The Labute approximate surface area is 114 Å². The van der Waals surface area contributed by atoms with Crippen molar-refractivity contribution in [1.29, 1.82) is 0 Å². The van der Waals surface area contributed by atoms with Crippen molar-refractivity contribution in [3.8, 4) is 0 Å². The monoisotopic (exact) mass is 262 g/mol. The van der Waals surface area contributed by atoms with Gasteiger partial charge in [-0.25, -0.2) is 4.79 Å². The van der Waals surface area contributed by atoms with E-state index in [1.54, 1.807) is 12.1 Å². The van der Waals surface area contributed by atoms with E-state index >= 15 is 0 Å². The van der Waals surface area contributed by atoms with Gasteiger partial charge >= 0.3 is 5.97 Å². The predicted octanol–water partition coefficient (Wildman–Crippen LogP) is 2.98. The molecule has 1 saturated heterocycles. The number of piperidine rings is 1. The van der Waals surface area contributed by atoms with Crippen molar-refractivity contribution in [3.63, 3.8) is 0 Å². The number of carboxylic acids is 1. The van der Waals surface area contributed by atoms with E-state index in [0.717, 1.165) is 31.6 Å². The van der Waals surface area contributed by atoms with Crippen LogP contribution in [0.3, 0.4) is 0 Å². The molecule has 0 bridgehead atoms. The predicted molar refractivity (Wildman–Crippen MR) is 77.7 cm³/mol. The molecule has 4 nitrogen and oxygen atoms in total. The molecule has 4 heteroatoms. The van der Waals surface area contributed by atoms with Crippen LogP contribution in [0.5, 0.6) is 0 Å². The fourth-order valence-corrected chi connectivity index (χ4v) is 2.66. The van der Waals surface area contributed by atoms with Gasteiger partial charge in [0.15, 0.2) is 0 Å². The number of para-hydroxylation sites is 1. The highest BCUT2D eigenvalue weighted by atomic mass is 16.4. The van der Waals surface area contributed by atoms with Gasteiger partial charge in [-0.1, -0.05) is 26.3 Å². The van der Waals surface area contributed by atoms with Gasteiger partial charge in [0, 0.05) is 13.1 Å². The molecule has 1 aliphatic rings. The average Bonchev–Trinajstić information content (AvgIpc) is 2.40. The SMILES string of the molecule is CCC1(C)CCN(c2cccc(C(=O)O)c2N)CC1. The minimum atomic E-state index is -0.963. The van der Waals surface area contributed by atoms with E-state index in [4.69, 9.17) is 10.8 Å². The molecule has 2 rings (SSSR count). The summed E-state index contributed by atoms with van der Waals surface area (Å²) in [6.45, 7) is 6.44. The van der Waals surface area contributed by atoms with Crippen LogP contribution in [0, 0.1) is 5.41 Å². The van der Waals surface area contributed by atoms with Crippen molar-refractivity contribution in [2.75, 3.05) is 23.7 Å². The lowest BCUT2D eigenvalue weighted by Crippen LogP contribution is -2.38. The molecule has 0 saturated carbocycles. The number of anilines is 2. The Bertz CT molecular complexity index is 477. The summed E-state index contributed by atoms with van der Waals surface area (Å²) in [6, 6.07) is 5.24. The maximum Gasteiger partial charge on any atom is 0.337 e. The molecular weight excluding hydrogens is 240 g/mol. The van der Waals surface area contributed by atoms with Gasteiger partial charge in [-0.05, 0) is 30.4 Å². The normalized spacial score (nSPS) is 18.3. The molecule has 1 aromatic rings. The van der Waals surface area contributed by atoms with Gasteiger partial charge in [0.05, 0.1) is 16.9 Å². The molecule has 104 valence electrons. The van der Waals surface area contributed by atoms with Crippen LogP contribution in [0.2, 0.25) is 0 Å². The molecule has 0 atom stereocenters. The van der Waals surface area contributed by atoms with Crippen molar-refractivity contribution in [2.45, 2.75) is 33.1 Å². The van der Waals surface area contributed by atoms with Crippen LogP contribution < -0.4 is 10.6 Å². The fourth-order valence-electron chi connectivity index (χ4n) is 2.66. The smallest absolute Gasteiger partial charge is 0.337 e. The number of rotatable bonds is 3. The Hall–Kier alpha value is -1.71. The first kappa shape index (κ1) is 13.7. The van der Waals surface area contributed by atoms with Crippen molar-refractivity contribution in [2.24, 2.45) is 5.41 Å². The third-order valence-electron chi connectivity index (χ3n) is 4.48. The summed E-state index contributed by atoms with van der Waals surface area (Å²) >= 11 is 0. The highest BCUT2D eigenvalue weighted by Gasteiger charge is 2.29. The van der Waals surface area contributed by atoms with Crippen LogP contribution in [0.4, 0.5) is 11.4 Å². The van der Waals surface area contributed by atoms with Gasteiger partial charge in [0.1, 0.15) is 0 Å². The van der Waals surface area contributed by atoms with E-state index in [1.165, 1.54) is 6.42 Å². The minimum Gasteiger partial charge on any atom is -0.478 e. The molecule has 0 unspecified atom stereocenters. The zero-order valence-electron chi connectivity index (χ0n) is 11.6. The van der Waals surface area contributed by atoms with E-state index in [1.807, 2.05) is 6.07 Å². The highest BCUT2D eigenvalue weighted by molar-refractivity contribution is 5.97. The Kier molecular flexibility index (Phi) is 3.69. The van der Waals surface area contributed by atoms with Gasteiger partial charge in [-0.15, -0.1) is 0 Å². The first-order valence-corrected chi connectivity index (χ1v) is 6.83. The van der Waals surface area contributed by atoms with Crippen molar-refractivity contribution >= 4 is 17.3 Å². The lowest BCUT2D eigenvalue weighted by atomic mass is 9.78. The standard InChI is InChI=1S/C15H22N2O2/c1-3-15(2)7-9-17(10-8-15)12-6-4-5-11(13(12)16)14(18)19/h4-6H,3,7-10,16H2,1-2H3,(H,18,19). The third kappa shape index (κ3) is 2.67. The van der Waals surface area contributed by atoms with Crippen LogP contribution in [0.25, 0.3) is 0 Å². The molecule has 3 N–H and O–H groups in total. The number of carboxylic acid groups (broad SMARTS) is 1. The lowest BCUT2D eigenvalue weighted by molar-refractivity contribution is 0.0698. The molecule has 19 heavy (non-hydrogen) atoms. The van der Waals surface area contributed by atoms with Gasteiger partial charge in [0.2, 0.25) is 0 Å². The molecule has 1 heterocycles. The second-order valence-electron chi connectivity index (χ2n) is 5.69. The largest absolute Gasteiger partial charge is 0.478 e. The number of nitrogen functional groups attached to an aromatic ring is 1. The second kappa shape index (κ2) is 5.11. The topological polar surface area (TPSA) is 66.6 Å². The third-order valence-corrected chi connectivity index (χ3v) is 4.48. The molecule has 0 amide bonds. The quantitative estimate of drug-likeness (QED) is 0.822. The van der Waals surface area contributed by atoms with E-state index in [-0.39, 0.29) is 5.56 Å². The maximum atomic E-state index is 11.1. The number of benzene rings is 1. The summed E-state index contributed by atoms with van der Waals surface area (Å²) in [4.78, 5) is 13.3. The van der Waals surface area contributed by atoms with E-state index < -0.39 is 5.97 Å². The number of nitrogens with zero attached hydrogens (tertiary/aromatic N) is 1. The van der Waals surface area contributed by atoms with Gasteiger partial charge in [-0.3, -0.25) is 0 Å². The summed E-state index contributed by atoms with van der Waals surface area (Å²) in [5.74, 6) is -0.963. The molecule has 1 aliphatic heterocycles. The number of carbonyl (C=O) groups is 1. The highest BCUT2D eigenvalue weighted by Crippen LogP contribution is 2.37. The van der Waals surface area contributed by atoms with E-state index in [2.05, 4.69) is 18.7 Å². The zero-order valence-corrected chi connectivity index (χ0v) is 11.6. The number of hydrogen-bond acceptors (Lipinski definition) is 3. The Balaban J connectivity index is 2.21. The van der Waals surface area contributed by atoms with Gasteiger partial charge < -0.3 is 15.7 Å². The van der Waals surface area contributed by atoms with Crippen LogP contribution in [-0.4, -0.2) is 24.2 Å². The van der Waals surface area contributed by atoms with E-state index in [0.29, 0.717) is 11.1 Å². The lowest BCUT2D eigenvalue weighted by Gasteiger charge is -2.40. The van der Waals surface area contributed by atoms with Crippen LogP contribution >= 0.6 is 0 Å². The van der Waals surface area contributed by atoms with Crippen LogP contribution in [0.15, 0.2) is 18.2 Å². The molecule has 1 aromatic carbocycles. The van der Waals surface area contributed by atoms with Crippen molar-refractivity contribution in [3.05, 3.63) is 23.8 Å². The first-order valence-electron chi connectivity index (χ1n) is 6.83. The number of nitrogens with two attached hydrogens (primary N) is 1. The van der Waals surface area contributed by atoms with Gasteiger partial charge in [0.25, 0.3) is 0 Å². The van der Waals surface area contributed by atoms with Crippen LogP contribution in [0.1, 0.15) is 43.5 Å².